The molecule has 0 aliphatic heterocycles. The third-order valence-corrected chi connectivity index (χ3v) is 4.45. The van der Waals surface area contributed by atoms with Crippen molar-refractivity contribution in [2.24, 2.45) is 0 Å². The minimum Gasteiger partial charge on any atom is -0.302 e. The minimum absolute atomic E-state index is 0.0226. The zero-order valence-electron chi connectivity index (χ0n) is 10.3. The van der Waals surface area contributed by atoms with Gasteiger partial charge in [-0.05, 0) is 13.0 Å². The van der Waals surface area contributed by atoms with Gasteiger partial charge in [0.15, 0.2) is 10.9 Å². The molecule has 1 N–H and O–H groups in total. The summed E-state index contributed by atoms with van der Waals surface area (Å²) in [5.41, 5.74) is 1.40. The van der Waals surface area contributed by atoms with Gasteiger partial charge < -0.3 is 5.32 Å². The molecule has 0 atom stereocenters. The zero-order valence-corrected chi connectivity index (χ0v) is 12.7. The molecule has 2 heterocycles. The van der Waals surface area contributed by atoms with Gasteiger partial charge in [0, 0.05) is 22.7 Å². The van der Waals surface area contributed by atoms with Crippen LogP contribution in [0.2, 0.25) is 0 Å². The van der Waals surface area contributed by atoms with Gasteiger partial charge in [-0.2, -0.15) is 0 Å². The number of carbonyl (C=O) groups is 2. The second-order valence-corrected chi connectivity index (χ2v) is 6.24. The number of thiazole rings is 1. The van der Waals surface area contributed by atoms with Crippen LogP contribution >= 0.6 is 34.3 Å². The first-order valence-corrected chi connectivity index (χ1v) is 7.67. The number of carbonyl (C=O) groups excluding carboxylic acids is 2. The number of hydrogen-bond donors (Lipinski definition) is 1. The number of alkyl halides is 1. The number of aromatic nitrogens is 1. The van der Waals surface area contributed by atoms with E-state index < -0.39 is 0 Å². The van der Waals surface area contributed by atoms with Crippen molar-refractivity contribution in [3.8, 4) is 10.6 Å². The summed E-state index contributed by atoms with van der Waals surface area (Å²) < 4.78 is 0. The average Bonchev–Trinajstić information content (AvgIpc) is 2.94. The smallest absolute Gasteiger partial charge is 0.223 e. The molecule has 0 aliphatic carbocycles. The molecule has 7 heteroatoms. The predicted octanol–water partition coefficient (Wildman–Crippen LogP) is 3.56. The number of halogens is 1. The van der Waals surface area contributed by atoms with Gasteiger partial charge in [0.05, 0.1) is 16.5 Å². The maximum Gasteiger partial charge on any atom is 0.223 e. The van der Waals surface area contributed by atoms with Crippen LogP contribution in [0.25, 0.3) is 10.6 Å². The molecule has 0 saturated carbocycles. The Balaban J connectivity index is 2.29. The second-order valence-electron chi connectivity index (χ2n) is 3.86. The van der Waals surface area contributed by atoms with Crippen molar-refractivity contribution in [3.05, 3.63) is 21.9 Å². The van der Waals surface area contributed by atoms with Crippen LogP contribution in [-0.4, -0.2) is 22.6 Å². The van der Waals surface area contributed by atoms with E-state index >= 15 is 0 Å². The van der Waals surface area contributed by atoms with Crippen LogP contribution in [-0.2, 0) is 4.79 Å². The number of rotatable bonds is 4. The highest BCUT2D eigenvalue weighted by atomic mass is 35.5. The number of thiophene rings is 1. The zero-order chi connectivity index (χ0) is 14.0. The van der Waals surface area contributed by atoms with E-state index in [0.717, 1.165) is 15.4 Å². The maximum absolute atomic E-state index is 11.6. The highest BCUT2D eigenvalue weighted by Crippen LogP contribution is 2.33. The molecule has 0 radical (unpaired) electrons. The Labute approximate surface area is 123 Å². The predicted molar refractivity (Wildman–Crippen MR) is 79.5 cm³/mol. The van der Waals surface area contributed by atoms with Crippen LogP contribution in [0.1, 0.15) is 22.2 Å². The van der Waals surface area contributed by atoms with Crippen molar-refractivity contribution < 1.29 is 9.59 Å². The topological polar surface area (TPSA) is 59.1 Å². The van der Waals surface area contributed by atoms with Gasteiger partial charge in [0.25, 0.3) is 0 Å². The van der Waals surface area contributed by atoms with E-state index in [1.807, 2.05) is 12.3 Å². The van der Waals surface area contributed by atoms with Gasteiger partial charge in [-0.3, -0.25) is 9.59 Å². The lowest BCUT2D eigenvalue weighted by molar-refractivity contribution is -0.114. The van der Waals surface area contributed by atoms with Crippen molar-refractivity contribution in [1.82, 2.24) is 4.98 Å². The van der Waals surface area contributed by atoms with Crippen LogP contribution in [0.3, 0.4) is 0 Å². The molecule has 0 aromatic carbocycles. The highest BCUT2D eigenvalue weighted by molar-refractivity contribution is 7.17. The van der Waals surface area contributed by atoms with Crippen LogP contribution < -0.4 is 5.32 Å². The fourth-order valence-electron chi connectivity index (χ4n) is 1.55. The quantitative estimate of drug-likeness (QED) is 0.693. The summed E-state index contributed by atoms with van der Waals surface area (Å²) in [4.78, 5) is 28.7. The molecule has 2 rings (SSSR count). The fraction of sp³-hybridized carbons (Fsp3) is 0.250. The van der Waals surface area contributed by atoms with E-state index in [-0.39, 0.29) is 17.6 Å². The third kappa shape index (κ3) is 3.20. The summed E-state index contributed by atoms with van der Waals surface area (Å²) in [6, 6.07) is 1.80. The van der Waals surface area contributed by atoms with Crippen LogP contribution in [0.4, 0.5) is 5.13 Å². The lowest BCUT2D eigenvalue weighted by atomic mass is 10.2. The minimum atomic E-state index is -0.152. The van der Waals surface area contributed by atoms with E-state index in [9.17, 15) is 9.59 Å². The largest absolute Gasteiger partial charge is 0.302 e. The Bertz CT molecular complexity index is 633. The van der Waals surface area contributed by atoms with Gasteiger partial charge in [-0.1, -0.05) is 0 Å². The Morgan fingerprint density at radius 1 is 1.47 bits per heavy atom. The Morgan fingerprint density at radius 2 is 2.21 bits per heavy atom. The monoisotopic (exact) mass is 314 g/mol. The van der Waals surface area contributed by atoms with E-state index in [1.54, 1.807) is 6.07 Å². The number of Topliss-reactive ketones (excluding diaryl/α,β-unsaturated/α-hetero) is 1. The standard InChI is InChI=1S/C12H11ClN2O2S2/c1-6-8(10(17)4-13)3-11(19-6)9-5-18-12(15-9)14-7(2)16/h3,5H,4H2,1-2H3,(H,14,15,16). The molecule has 2 aromatic rings. The number of ketones is 1. The summed E-state index contributed by atoms with van der Waals surface area (Å²) in [5.74, 6) is -0.258. The van der Waals surface area contributed by atoms with Gasteiger partial charge >= 0.3 is 0 Å². The van der Waals surface area contributed by atoms with Gasteiger partial charge in [-0.15, -0.1) is 34.3 Å². The number of aryl methyl sites for hydroxylation is 1. The number of nitrogens with one attached hydrogen (secondary N) is 1. The van der Waals surface area contributed by atoms with E-state index in [2.05, 4.69) is 10.3 Å². The lowest BCUT2D eigenvalue weighted by Crippen LogP contribution is -2.04. The molecule has 1 amide bonds. The van der Waals surface area contributed by atoms with E-state index in [1.165, 1.54) is 29.6 Å². The second kappa shape index (κ2) is 5.81. The normalized spacial score (nSPS) is 10.5. The molecule has 2 aromatic heterocycles. The number of anilines is 1. The van der Waals surface area contributed by atoms with E-state index in [0.29, 0.717) is 10.7 Å². The van der Waals surface area contributed by atoms with Crippen LogP contribution in [0.5, 0.6) is 0 Å². The first kappa shape index (κ1) is 14.2. The van der Waals surface area contributed by atoms with Crippen molar-refractivity contribution in [2.75, 3.05) is 11.2 Å². The number of amides is 1. The van der Waals surface area contributed by atoms with Crippen LogP contribution in [0, 0.1) is 6.92 Å². The summed E-state index contributed by atoms with van der Waals surface area (Å²) >= 11 is 8.42. The molecule has 0 bridgehead atoms. The SMILES string of the molecule is CC(=O)Nc1nc(-c2cc(C(=O)CCl)c(C)s2)cs1. The molecular formula is C12H11ClN2O2S2. The van der Waals surface area contributed by atoms with Crippen molar-refractivity contribution in [2.45, 2.75) is 13.8 Å². The molecule has 0 unspecified atom stereocenters. The van der Waals surface area contributed by atoms with Gasteiger partial charge in [-0.25, -0.2) is 4.98 Å². The lowest BCUT2D eigenvalue weighted by Gasteiger charge is -1.93. The summed E-state index contributed by atoms with van der Waals surface area (Å²) in [6.45, 7) is 3.32. The highest BCUT2D eigenvalue weighted by Gasteiger charge is 2.15. The molecule has 0 aliphatic rings. The molecule has 0 fully saturated rings. The van der Waals surface area contributed by atoms with Crippen molar-refractivity contribution >= 4 is 51.1 Å². The molecule has 0 spiro atoms. The van der Waals surface area contributed by atoms with E-state index in [4.69, 9.17) is 11.6 Å². The van der Waals surface area contributed by atoms with Gasteiger partial charge in [0.1, 0.15) is 0 Å². The van der Waals surface area contributed by atoms with Crippen LogP contribution in [0.15, 0.2) is 11.4 Å². The summed E-state index contributed by atoms with van der Waals surface area (Å²) in [7, 11) is 0. The Kier molecular flexibility index (Phi) is 4.34. The Hall–Kier alpha value is -1.24. The molecule has 4 nitrogen and oxygen atoms in total. The third-order valence-electron chi connectivity index (χ3n) is 2.38. The van der Waals surface area contributed by atoms with Crippen molar-refractivity contribution in [3.63, 3.8) is 0 Å². The average molecular weight is 315 g/mol. The first-order chi connectivity index (χ1) is 9.01. The fourth-order valence-corrected chi connectivity index (χ4v) is 3.53. The molecular weight excluding hydrogens is 304 g/mol. The number of nitrogens with zero attached hydrogens (tertiary/aromatic N) is 1. The molecule has 19 heavy (non-hydrogen) atoms. The maximum atomic E-state index is 11.6. The number of hydrogen-bond acceptors (Lipinski definition) is 5. The molecule has 100 valence electrons. The summed E-state index contributed by atoms with van der Waals surface area (Å²) in [5, 5.41) is 5.04. The van der Waals surface area contributed by atoms with Crippen molar-refractivity contribution in [1.29, 1.82) is 0 Å². The Morgan fingerprint density at radius 3 is 2.84 bits per heavy atom. The first-order valence-electron chi connectivity index (χ1n) is 5.44. The summed E-state index contributed by atoms with van der Waals surface area (Å²) in [6.07, 6.45) is 0. The molecule has 0 saturated heterocycles. The van der Waals surface area contributed by atoms with Gasteiger partial charge in [0.2, 0.25) is 5.91 Å².